The highest BCUT2D eigenvalue weighted by Crippen LogP contribution is 2.37. The van der Waals surface area contributed by atoms with Gasteiger partial charge < -0.3 is 4.42 Å². The lowest BCUT2D eigenvalue weighted by atomic mass is 9.87. The molecule has 0 aromatic carbocycles. The molecule has 1 atom stereocenters. The summed E-state index contributed by atoms with van der Waals surface area (Å²) in [7, 11) is 0. The molecular formula is C12H14N2OS2. The summed E-state index contributed by atoms with van der Waals surface area (Å²) in [6, 6.07) is 2.22. The molecule has 1 aliphatic rings. The van der Waals surface area contributed by atoms with Crippen molar-refractivity contribution in [2.75, 3.05) is 0 Å². The van der Waals surface area contributed by atoms with E-state index in [-0.39, 0.29) is 0 Å². The number of rotatable bonds is 2. The second kappa shape index (κ2) is 4.38. The monoisotopic (exact) mass is 266 g/mol. The van der Waals surface area contributed by atoms with E-state index >= 15 is 0 Å². The maximum atomic E-state index is 5.36. The van der Waals surface area contributed by atoms with Crippen LogP contribution < -0.4 is 0 Å². The first kappa shape index (κ1) is 11.2. The Morgan fingerprint density at radius 1 is 1.65 bits per heavy atom. The smallest absolute Gasteiger partial charge is 0.284 e. The highest BCUT2D eigenvalue weighted by atomic mass is 32.1. The van der Waals surface area contributed by atoms with E-state index in [4.69, 9.17) is 16.6 Å². The van der Waals surface area contributed by atoms with Gasteiger partial charge in [0.1, 0.15) is 0 Å². The van der Waals surface area contributed by atoms with Gasteiger partial charge in [-0.25, -0.2) is 5.10 Å². The van der Waals surface area contributed by atoms with Gasteiger partial charge in [-0.1, -0.05) is 13.3 Å². The lowest BCUT2D eigenvalue weighted by Gasteiger charge is -2.19. The first-order valence-corrected chi connectivity index (χ1v) is 7.16. The van der Waals surface area contributed by atoms with Crippen molar-refractivity contribution in [3.63, 3.8) is 0 Å². The Morgan fingerprint density at radius 2 is 2.53 bits per heavy atom. The molecule has 0 saturated heterocycles. The Labute approximate surface area is 109 Å². The third-order valence-corrected chi connectivity index (χ3v) is 4.81. The molecule has 0 fully saturated rings. The highest BCUT2D eigenvalue weighted by molar-refractivity contribution is 7.71. The molecule has 0 saturated carbocycles. The Balaban J connectivity index is 1.95. The Bertz CT molecular complexity index is 581. The predicted molar refractivity (Wildman–Crippen MR) is 70.8 cm³/mol. The van der Waals surface area contributed by atoms with Gasteiger partial charge in [-0.05, 0) is 49.0 Å². The third kappa shape index (κ3) is 2.09. The molecule has 0 aliphatic heterocycles. The van der Waals surface area contributed by atoms with E-state index in [1.807, 2.05) is 0 Å². The normalized spacial score (nSPS) is 19.2. The third-order valence-electron chi connectivity index (χ3n) is 3.41. The topological polar surface area (TPSA) is 41.8 Å². The molecule has 90 valence electrons. The fourth-order valence-corrected chi connectivity index (χ4v) is 3.65. The van der Waals surface area contributed by atoms with Gasteiger partial charge in [-0.3, -0.25) is 0 Å². The maximum Gasteiger partial charge on any atom is 0.284 e. The molecule has 1 N–H and O–H groups in total. The molecule has 3 rings (SSSR count). The van der Waals surface area contributed by atoms with Crippen LogP contribution in [-0.2, 0) is 12.8 Å². The molecule has 0 unspecified atom stereocenters. The van der Waals surface area contributed by atoms with Gasteiger partial charge in [0.05, 0.1) is 4.88 Å². The van der Waals surface area contributed by atoms with Gasteiger partial charge in [0.25, 0.3) is 10.7 Å². The Hall–Kier alpha value is -0.940. The Kier molecular flexibility index (Phi) is 2.88. The summed E-state index contributed by atoms with van der Waals surface area (Å²) in [4.78, 5) is 2.94. The standard InChI is InChI=1S/C12H14N2OS2/c1-2-7-3-4-9-8(5-7)6-10(17-9)11-13-14-12(16)15-11/h6-7H,2-5H2,1H3,(H,14,16)/t7-/m1/s1. The molecule has 0 bridgehead atoms. The van der Waals surface area contributed by atoms with Gasteiger partial charge in [0.2, 0.25) is 0 Å². The zero-order chi connectivity index (χ0) is 11.8. The second-order valence-corrected chi connectivity index (χ2v) is 6.00. The van der Waals surface area contributed by atoms with Crippen molar-refractivity contribution < 1.29 is 4.42 Å². The largest absolute Gasteiger partial charge is 0.408 e. The minimum atomic E-state index is 0.345. The van der Waals surface area contributed by atoms with Crippen molar-refractivity contribution in [2.45, 2.75) is 32.6 Å². The minimum Gasteiger partial charge on any atom is -0.408 e. The lowest BCUT2D eigenvalue weighted by molar-refractivity contribution is 0.449. The summed E-state index contributed by atoms with van der Waals surface area (Å²) in [5, 5.41) is 6.76. The predicted octanol–water partition coefficient (Wildman–Crippen LogP) is 3.98. The first-order chi connectivity index (χ1) is 8.26. The second-order valence-electron chi connectivity index (χ2n) is 4.49. The van der Waals surface area contributed by atoms with Crippen molar-refractivity contribution in [2.24, 2.45) is 5.92 Å². The van der Waals surface area contributed by atoms with Crippen LogP contribution in [0.1, 0.15) is 30.2 Å². The average molecular weight is 266 g/mol. The van der Waals surface area contributed by atoms with Gasteiger partial charge in [-0.2, -0.15) is 0 Å². The molecule has 3 nitrogen and oxygen atoms in total. The molecule has 0 amide bonds. The van der Waals surface area contributed by atoms with Crippen LogP contribution in [0.15, 0.2) is 10.5 Å². The molecule has 17 heavy (non-hydrogen) atoms. The molecule has 1 aliphatic carbocycles. The van der Waals surface area contributed by atoms with Crippen molar-refractivity contribution in [1.29, 1.82) is 0 Å². The number of fused-ring (bicyclic) bond motifs is 1. The SMILES string of the molecule is CC[C@@H]1CCc2sc(-c3n[nH]c(=S)o3)cc2C1. The zero-order valence-electron chi connectivity index (χ0n) is 9.66. The van der Waals surface area contributed by atoms with Gasteiger partial charge in [0.15, 0.2) is 0 Å². The van der Waals surface area contributed by atoms with Crippen molar-refractivity contribution in [3.05, 3.63) is 21.3 Å². The summed E-state index contributed by atoms with van der Waals surface area (Å²) < 4.78 is 5.36. The summed E-state index contributed by atoms with van der Waals surface area (Å²) in [5.74, 6) is 1.47. The quantitative estimate of drug-likeness (QED) is 0.836. The number of aromatic nitrogens is 2. The molecule has 2 aromatic rings. The van der Waals surface area contributed by atoms with Crippen LogP contribution in [0.4, 0.5) is 0 Å². The fraction of sp³-hybridized carbons (Fsp3) is 0.500. The number of hydrogen-bond acceptors (Lipinski definition) is 4. The van der Waals surface area contributed by atoms with Crippen LogP contribution in [0.25, 0.3) is 10.8 Å². The van der Waals surface area contributed by atoms with E-state index in [1.54, 1.807) is 11.3 Å². The summed E-state index contributed by atoms with van der Waals surface area (Å²) in [5.41, 5.74) is 1.48. The average Bonchev–Trinajstić information content (AvgIpc) is 2.93. The van der Waals surface area contributed by atoms with Crippen LogP contribution in [0.5, 0.6) is 0 Å². The minimum absolute atomic E-state index is 0.345. The van der Waals surface area contributed by atoms with Crippen LogP contribution in [0.3, 0.4) is 0 Å². The zero-order valence-corrected chi connectivity index (χ0v) is 11.3. The van der Waals surface area contributed by atoms with Crippen LogP contribution in [0, 0.1) is 10.8 Å². The molecule has 2 heterocycles. The summed E-state index contributed by atoms with van der Waals surface area (Å²) in [6.45, 7) is 2.27. The van der Waals surface area contributed by atoms with E-state index in [0.29, 0.717) is 10.7 Å². The molecule has 5 heteroatoms. The van der Waals surface area contributed by atoms with E-state index in [2.05, 4.69) is 23.2 Å². The van der Waals surface area contributed by atoms with E-state index < -0.39 is 0 Å². The van der Waals surface area contributed by atoms with Crippen LogP contribution >= 0.6 is 23.6 Å². The number of nitrogens with one attached hydrogen (secondary N) is 1. The summed E-state index contributed by atoms with van der Waals surface area (Å²) in [6.07, 6.45) is 4.98. The fourth-order valence-electron chi connectivity index (χ4n) is 2.39. The Morgan fingerprint density at radius 3 is 3.24 bits per heavy atom. The number of hydrogen-bond donors (Lipinski definition) is 1. The molecular weight excluding hydrogens is 252 g/mol. The van der Waals surface area contributed by atoms with Crippen molar-refractivity contribution >= 4 is 23.6 Å². The van der Waals surface area contributed by atoms with Gasteiger partial charge in [-0.15, -0.1) is 16.4 Å². The van der Waals surface area contributed by atoms with E-state index in [9.17, 15) is 0 Å². The number of aryl methyl sites for hydroxylation is 1. The maximum absolute atomic E-state index is 5.36. The van der Waals surface area contributed by atoms with E-state index in [0.717, 1.165) is 10.8 Å². The van der Waals surface area contributed by atoms with Crippen LogP contribution in [-0.4, -0.2) is 10.2 Å². The van der Waals surface area contributed by atoms with Gasteiger partial charge in [0, 0.05) is 4.88 Å². The lowest BCUT2D eigenvalue weighted by Crippen LogP contribution is -2.10. The molecule has 0 radical (unpaired) electrons. The summed E-state index contributed by atoms with van der Waals surface area (Å²) >= 11 is 6.69. The number of H-pyrrole nitrogens is 1. The highest BCUT2D eigenvalue weighted by Gasteiger charge is 2.21. The molecule has 0 spiro atoms. The number of thiophene rings is 1. The number of nitrogens with zero attached hydrogens (tertiary/aromatic N) is 1. The number of aromatic amines is 1. The van der Waals surface area contributed by atoms with Gasteiger partial charge >= 0.3 is 0 Å². The van der Waals surface area contributed by atoms with Crippen molar-refractivity contribution in [3.8, 4) is 10.8 Å². The van der Waals surface area contributed by atoms with Crippen LogP contribution in [0.2, 0.25) is 0 Å². The molecule has 2 aromatic heterocycles. The van der Waals surface area contributed by atoms with Crippen molar-refractivity contribution in [1.82, 2.24) is 10.2 Å². The van der Waals surface area contributed by atoms with E-state index in [1.165, 1.54) is 36.1 Å². The first-order valence-electron chi connectivity index (χ1n) is 5.93.